The van der Waals surface area contributed by atoms with E-state index in [-0.39, 0.29) is 23.9 Å². The first-order valence-corrected chi connectivity index (χ1v) is 9.30. The third-order valence-electron chi connectivity index (χ3n) is 5.77. The highest BCUT2D eigenvalue weighted by atomic mass is 35.5. The predicted octanol–water partition coefficient (Wildman–Crippen LogP) is 2.11. The maximum atomic E-state index is 14.3. The summed E-state index contributed by atoms with van der Waals surface area (Å²) in [5.41, 5.74) is 0.640. The van der Waals surface area contributed by atoms with Gasteiger partial charge < -0.3 is 20.3 Å². The standard InChI is InChI=1S/C19H24FN3O3.ClH/c20-16-2-1-13(9-14-3-6-21-11-14)10-15(16)17(24)23-7-4-19(5-8-23)12-22-18(25)26-19;/h1-2,10,14,21H,3-9,11-12H2,(H,22,25);1H. The van der Waals surface area contributed by atoms with Gasteiger partial charge in [-0.1, -0.05) is 6.07 Å². The van der Waals surface area contributed by atoms with E-state index in [0.29, 0.717) is 38.4 Å². The summed E-state index contributed by atoms with van der Waals surface area (Å²) < 4.78 is 19.7. The summed E-state index contributed by atoms with van der Waals surface area (Å²) in [6.07, 6.45) is 2.73. The van der Waals surface area contributed by atoms with Gasteiger partial charge in [-0.25, -0.2) is 9.18 Å². The van der Waals surface area contributed by atoms with Crippen LogP contribution in [0.4, 0.5) is 9.18 Å². The number of hydrogen-bond donors (Lipinski definition) is 2. The van der Waals surface area contributed by atoms with Crippen molar-refractivity contribution in [2.24, 2.45) is 5.92 Å². The van der Waals surface area contributed by atoms with E-state index in [1.54, 1.807) is 17.0 Å². The molecule has 1 atom stereocenters. The van der Waals surface area contributed by atoms with Gasteiger partial charge in [0.25, 0.3) is 5.91 Å². The third-order valence-corrected chi connectivity index (χ3v) is 5.77. The second-order valence-electron chi connectivity index (χ2n) is 7.60. The zero-order valence-corrected chi connectivity index (χ0v) is 15.9. The van der Waals surface area contributed by atoms with E-state index in [2.05, 4.69) is 10.6 Å². The van der Waals surface area contributed by atoms with Crippen LogP contribution in [-0.2, 0) is 11.2 Å². The average Bonchev–Trinajstić information content (AvgIpc) is 3.27. The number of nitrogens with one attached hydrogen (secondary N) is 2. The van der Waals surface area contributed by atoms with Crippen molar-refractivity contribution >= 4 is 24.4 Å². The molecule has 3 aliphatic heterocycles. The minimum atomic E-state index is -0.510. The number of alkyl carbamates (subject to hydrolysis) is 1. The molecule has 0 aromatic heterocycles. The number of rotatable bonds is 3. The molecule has 1 aromatic carbocycles. The SMILES string of the molecule is Cl.O=C1NCC2(CCN(C(=O)c3cc(CC4CCNC4)ccc3F)CC2)O1. The molecular formula is C19H25ClFN3O3. The van der Waals surface area contributed by atoms with Crippen molar-refractivity contribution in [3.8, 4) is 0 Å². The highest BCUT2D eigenvalue weighted by molar-refractivity contribution is 5.94. The zero-order valence-electron chi connectivity index (χ0n) is 15.1. The lowest BCUT2D eigenvalue weighted by atomic mass is 9.91. The summed E-state index contributed by atoms with van der Waals surface area (Å²) in [4.78, 5) is 25.8. The van der Waals surface area contributed by atoms with E-state index in [1.165, 1.54) is 6.07 Å². The molecule has 8 heteroatoms. The van der Waals surface area contributed by atoms with Crippen molar-refractivity contribution in [1.82, 2.24) is 15.5 Å². The number of benzene rings is 1. The largest absolute Gasteiger partial charge is 0.441 e. The number of piperidine rings is 1. The van der Waals surface area contributed by atoms with Crippen LogP contribution in [0.1, 0.15) is 35.2 Å². The molecule has 4 rings (SSSR count). The van der Waals surface area contributed by atoms with E-state index in [9.17, 15) is 14.0 Å². The second-order valence-corrected chi connectivity index (χ2v) is 7.60. The van der Waals surface area contributed by atoms with Gasteiger partial charge in [-0.2, -0.15) is 0 Å². The summed E-state index contributed by atoms with van der Waals surface area (Å²) in [6, 6.07) is 4.88. The molecule has 3 heterocycles. The van der Waals surface area contributed by atoms with Crippen LogP contribution in [0, 0.1) is 11.7 Å². The Kier molecular flexibility index (Phi) is 5.91. The lowest BCUT2D eigenvalue weighted by Gasteiger charge is -2.37. The first kappa shape index (κ1) is 19.9. The van der Waals surface area contributed by atoms with Crippen LogP contribution < -0.4 is 10.6 Å². The van der Waals surface area contributed by atoms with Crippen LogP contribution in [0.15, 0.2) is 18.2 Å². The van der Waals surface area contributed by atoms with E-state index < -0.39 is 17.5 Å². The van der Waals surface area contributed by atoms with Gasteiger partial charge in [0.2, 0.25) is 0 Å². The van der Waals surface area contributed by atoms with E-state index >= 15 is 0 Å². The predicted molar refractivity (Wildman–Crippen MR) is 101 cm³/mol. The number of hydrogen-bond acceptors (Lipinski definition) is 4. The number of carbonyl (C=O) groups is 2. The maximum absolute atomic E-state index is 14.3. The quantitative estimate of drug-likeness (QED) is 0.819. The molecule has 1 aromatic rings. The normalized spacial score (nSPS) is 23.7. The highest BCUT2D eigenvalue weighted by Crippen LogP contribution is 2.30. The van der Waals surface area contributed by atoms with Crippen LogP contribution in [0.5, 0.6) is 0 Å². The van der Waals surface area contributed by atoms with Gasteiger partial charge in [0.15, 0.2) is 0 Å². The molecule has 0 bridgehead atoms. The summed E-state index contributed by atoms with van der Waals surface area (Å²) >= 11 is 0. The van der Waals surface area contributed by atoms with Crippen molar-refractivity contribution in [3.05, 3.63) is 35.1 Å². The van der Waals surface area contributed by atoms with Crippen molar-refractivity contribution in [1.29, 1.82) is 0 Å². The molecule has 2 amide bonds. The summed E-state index contributed by atoms with van der Waals surface area (Å²) in [6.45, 7) is 3.40. The number of halogens is 2. The number of carbonyl (C=O) groups excluding carboxylic acids is 2. The Hall–Kier alpha value is -1.86. The van der Waals surface area contributed by atoms with Gasteiger partial charge >= 0.3 is 6.09 Å². The number of amides is 2. The molecule has 0 radical (unpaired) electrons. The Balaban J connectivity index is 0.00000210. The fourth-order valence-corrected chi connectivity index (χ4v) is 4.15. The van der Waals surface area contributed by atoms with Crippen LogP contribution in [0.2, 0.25) is 0 Å². The Morgan fingerprint density at radius 1 is 1.33 bits per heavy atom. The highest BCUT2D eigenvalue weighted by Gasteiger charge is 2.43. The molecule has 3 aliphatic rings. The fourth-order valence-electron chi connectivity index (χ4n) is 4.15. The Morgan fingerprint density at radius 2 is 2.11 bits per heavy atom. The molecule has 1 spiro atoms. The number of nitrogens with zero attached hydrogens (tertiary/aromatic N) is 1. The van der Waals surface area contributed by atoms with Gasteiger partial charge in [0.05, 0.1) is 12.1 Å². The lowest BCUT2D eigenvalue weighted by Crippen LogP contribution is -2.48. The summed E-state index contributed by atoms with van der Waals surface area (Å²) in [5, 5.41) is 6.01. The van der Waals surface area contributed by atoms with Crippen LogP contribution in [0.3, 0.4) is 0 Å². The van der Waals surface area contributed by atoms with Gasteiger partial charge in [0.1, 0.15) is 11.4 Å². The minimum absolute atomic E-state index is 0. The van der Waals surface area contributed by atoms with Crippen LogP contribution in [-0.4, -0.2) is 55.2 Å². The molecular weight excluding hydrogens is 373 g/mol. The van der Waals surface area contributed by atoms with Crippen molar-refractivity contribution in [3.63, 3.8) is 0 Å². The Bertz CT molecular complexity index is 716. The summed E-state index contributed by atoms with van der Waals surface area (Å²) in [5.74, 6) is -0.207. The van der Waals surface area contributed by atoms with Crippen molar-refractivity contribution in [2.75, 3.05) is 32.7 Å². The lowest BCUT2D eigenvalue weighted by molar-refractivity contribution is 0.00319. The first-order valence-electron chi connectivity index (χ1n) is 9.30. The van der Waals surface area contributed by atoms with Gasteiger partial charge in [-0.3, -0.25) is 4.79 Å². The molecule has 6 nitrogen and oxygen atoms in total. The van der Waals surface area contributed by atoms with Crippen LogP contribution >= 0.6 is 12.4 Å². The topological polar surface area (TPSA) is 70.7 Å². The monoisotopic (exact) mass is 397 g/mol. The van der Waals surface area contributed by atoms with Crippen molar-refractivity contribution in [2.45, 2.75) is 31.3 Å². The third kappa shape index (κ3) is 4.19. The first-order chi connectivity index (χ1) is 12.5. The molecule has 0 saturated carbocycles. The number of likely N-dealkylation sites (tertiary alicyclic amines) is 1. The number of ether oxygens (including phenoxy) is 1. The Labute approximate surface area is 164 Å². The molecule has 27 heavy (non-hydrogen) atoms. The molecule has 3 fully saturated rings. The van der Waals surface area contributed by atoms with Crippen LogP contribution in [0.25, 0.3) is 0 Å². The van der Waals surface area contributed by atoms with E-state index in [4.69, 9.17) is 4.74 Å². The smallest absolute Gasteiger partial charge is 0.407 e. The zero-order chi connectivity index (χ0) is 18.1. The van der Waals surface area contributed by atoms with E-state index in [0.717, 1.165) is 31.5 Å². The fraction of sp³-hybridized carbons (Fsp3) is 0.579. The summed E-state index contributed by atoms with van der Waals surface area (Å²) in [7, 11) is 0. The second kappa shape index (κ2) is 8.02. The molecule has 2 N–H and O–H groups in total. The van der Waals surface area contributed by atoms with Gasteiger partial charge in [0, 0.05) is 25.9 Å². The maximum Gasteiger partial charge on any atom is 0.407 e. The van der Waals surface area contributed by atoms with E-state index in [1.807, 2.05) is 0 Å². The molecule has 0 aliphatic carbocycles. The minimum Gasteiger partial charge on any atom is -0.441 e. The molecule has 148 valence electrons. The van der Waals surface area contributed by atoms with Gasteiger partial charge in [-0.15, -0.1) is 12.4 Å². The molecule has 1 unspecified atom stereocenters. The Morgan fingerprint density at radius 3 is 2.74 bits per heavy atom. The van der Waals surface area contributed by atoms with Crippen molar-refractivity contribution < 1.29 is 18.7 Å². The van der Waals surface area contributed by atoms with Gasteiger partial charge in [-0.05, 0) is 49.5 Å². The molecule has 3 saturated heterocycles. The average molecular weight is 398 g/mol.